The average molecular weight is 327 g/mol. The number of aromatic amines is 1. The van der Waals surface area contributed by atoms with Gasteiger partial charge in [0.05, 0.1) is 10.9 Å². The molecule has 2 fully saturated rings. The van der Waals surface area contributed by atoms with Crippen LogP contribution < -0.4 is 4.90 Å². The predicted octanol–water partition coefficient (Wildman–Crippen LogP) is 2.72. The Morgan fingerprint density at radius 3 is 2.96 bits per heavy atom. The summed E-state index contributed by atoms with van der Waals surface area (Å²) in [4.78, 5) is 29.1. The van der Waals surface area contributed by atoms with Gasteiger partial charge in [0.15, 0.2) is 0 Å². The van der Waals surface area contributed by atoms with Crippen LogP contribution in [0.5, 0.6) is 0 Å². The molecule has 2 aromatic rings. The lowest BCUT2D eigenvalue weighted by Crippen LogP contribution is -2.57. The molecule has 1 saturated heterocycles. The number of carbonyl (C=O) groups excluding carboxylic acids is 1. The van der Waals surface area contributed by atoms with E-state index in [9.17, 15) is 4.79 Å². The SMILES string of the molecule is CCCCCC(=O)N1CCN(c2ncnc3[nH]ccc23)CC12CC2. The van der Waals surface area contributed by atoms with Gasteiger partial charge in [0.25, 0.3) is 0 Å². The van der Waals surface area contributed by atoms with Gasteiger partial charge in [-0.2, -0.15) is 0 Å². The molecule has 1 aliphatic carbocycles. The molecule has 1 spiro atoms. The van der Waals surface area contributed by atoms with E-state index in [2.05, 4.69) is 31.7 Å². The van der Waals surface area contributed by atoms with Crippen molar-refractivity contribution in [1.82, 2.24) is 19.9 Å². The van der Waals surface area contributed by atoms with E-state index in [1.165, 1.54) is 0 Å². The summed E-state index contributed by atoms with van der Waals surface area (Å²) in [6.45, 7) is 4.72. The summed E-state index contributed by atoms with van der Waals surface area (Å²) in [5, 5.41) is 1.07. The van der Waals surface area contributed by atoms with Crippen molar-refractivity contribution in [3.8, 4) is 0 Å². The Labute approximate surface area is 142 Å². The van der Waals surface area contributed by atoms with Gasteiger partial charge in [0, 0.05) is 32.3 Å². The Morgan fingerprint density at radius 1 is 1.29 bits per heavy atom. The zero-order chi connectivity index (χ0) is 16.6. The Morgan fingerprint density at radius 2 is 2.17 bits per heavy atom. The number of fused-ring (bicyclic) bond motifs is 1. The molecule has 2 aliphatic rings. The molecule has 6 heteroatoms. The summed E-state index contributed by atoms with van der Waals surface area (Å²) in [6.07, 6.45) is 9.78. The van der Waals surface area contributed by atoms with E-state index in [0.29, 0.717) is 12.3 Å². The second-order valence-corrected chi connectivity index (χ2v) is 7.09. The molecule has 0 bridgehead atoms. The monoisotopic (exact) mass is 327 g/mol. The minimum atomic E-state index is 0.0507. The number of H-pyrrole nitrogens is 1. The van der Waals surface area contributed by atoms with Crippen molar-refractivity contribution in [1.29, 1.82) is 0 Å². The smallest absolute Gasteiger partial charge is 0.223 e. The third-order valence-electron chi connectivity index (χ3n) is 5.41. The van der Waals surface area contributed by atoms with Crippen LogP contribution in [-0.4, -0.2) is 50.9 Å². The highest BCUT2D eigenvalue weighted by Gasteiger charge is 2.53. The lowest BCUT2D eigenvalue weighted by molar-refractivity contribution is -0.135. The Kier molecular flexibility index (Phi) is 3.90. The number of nitrogens with zero attached hydrogens (tertiary/aromatic N) is 4. The second kappa shape index (κ2) is 6.07. The van der Waals surface area contributed by atoms with Gasteiger partial charge >= 0.3 is 0 Å². The number of hydrogen-bond donors (Lipinski definition) is 1. The highest BCUT2D eigenvalue weighted by atomic mass is 16.2. The summed E-state index contributed by atoms with van der Waals surface area (Å²) in [5.74, 6) is 1.33. The fourth-order valence-electron chi connectivity index (χ4n) is 3.89. The average Bonchev–Trinajstić information content (AvgIpc) is 3.18. The molecule has 1 N–H and O–H groups in total. The lowest BCUT2D eigenvalue weighted by atomic mass is 10.1. The third-order valence-corrected chi connectivity index (χ3v) is 5.41. The second-order valence-electron chi connectivity index (χ2n) is 7.09. The van der Waals surface area contributed by atoms with Gasteiger partial charge in [-0.05, 0) is 25.3 Å². The minimum Gasteiger partial charge on any atom is -0.352 e. The summed E-state index contributed by atoms with van der Waals surface area (Å²) < 4.78 is 0. The molecule has 4 rings (SSSR count). The first-order chi connectivity index (χ1) is 11.7. The maximum absolute atomic E-state index is 12.6. The Hall–Kier alpha value is -2.11. The van der Waals surface area contributed by atoms with Crippen molar-refractivity contribution in [3.63, 3.8) is 0 Å². The van der Waals surface area contributed by atoms with Crippen LogP contribution in [0.1, 0.15) is 45.4 Å². The molecule has 0 aromatic carbocycles. The fourth-order valence-corrected chi connectivity index (χ4v) is 3.89. The number of aromatic nitrogens is 3. The summed E-state index contributed by atoms with van der Waals surface area (Å²) in [6, 6.07) is 2.03. The fraction of sp³-hybridized carbons (Fsp3) is 0.611. The molecule has 24 heavy (non-hydrogen) atoms. The number of rotatable bonds is 5. The van der Waals surface area contributed by atoms with Crippen LogP contribution in [0, 0.1) is 0 Å². The molecule has 3 heterocycles. The first-order valence-corrected chi connectivity index (χ1v) is 9.07. The van der Waals surface area contributed by atoms with Gasteiger partial charge < -0.3 is 14.8 Å². The number of hydrogen-bond acceptors (Lipinski definition) is 4. The first-order valence-electron chi connectivity index (χ1n) is 9.07. The molecule has 1 aliphatic heterocycles. The molecule has 6 nitrogen and oxygen atoms in total. The minimum absolute atomic E-state index is 0.0507. The predicted molar refractivity (Wildman–Crippen MR) is 93.9 cm³/mol. The molecule has 128 valence electrons. The van der Waals surface area contributed by atoms with Crippen LogP contribution in [0.15, 0.2) is 18.6 Å². The van der Waals surface area contributed by atoms with Gasteiger partial charge in [0.2, 0.25) is 5.91 Å². The largest absolute Gasteiger partial charge is 0.352 e. The number of unbranched alkanes of at least 4 members (excludes halogenated alkanes) is 2. The number of carbonyl (C=O) groups is 1. The highest BCUT2D eigenvalue weighted by molar-refractivity contribution is 5.87. The maximum Gasteiger partial charge on any atom is 0.223 e. The number of amides is 1. The van der Waals surface area contributed by atoms with E-state index in [-0.39, 0.29) is 5.54 Å². The lowest BCUT2D eigenvalue weighted by Gasteiger charge is -2.43. The Balaban J connectivity index is 1.50. The number of anilines is 1. The highest BCUT2D eigenvalue weighted by Crippen LogP contribution is 2.45. The van der Waals surface area contributed by atoms with E-state index in [4.69, 9.17) is 0 Å². The quantitative estimate of drug-likeness (QED) is 0.858. The molecular formula is C18H25N5O. The van der Waals surface area contributed by atoms with Crippen LogP contribution in [0.4, 0.5) is 5.82 Å². The van der Waals surface area contributed by atoms with E-state index in [0.717, 1.165) is 68.6 Å². The first kappa shape index (κ1) is 15.4. The summed E-state index contributed by atoms with van der Waals surface area (Å²) in [5.41, 5.74) is 0.928. The molecule has 0 unspecified atom stereocenters. The van der Waals surface area contributed by atoms with E-state index < -0.39 is 0 Å². The van der Waals surface area contributed by atoms with Crippen molar-refractivity contribution >= 4 is 22.8 Å². The number of piperazine rings is 1. The number of nitrogens with one attached hydrogen (secondary N) is 1. The van der Waals surface area contributed by atoms with Gasteiger partial charge in [-0.1, -0.05) is 19.8 Å². The zero-order valence-corrected chi connectivity index (χ0v) is 14.3. The van der Waals surface area contributed by atoms with Crippen LogP contribution in [-0.2, 0) is 4.79 Å². The standard InChI is InChI=1S/C18H25N5O/c1-2-3-4-5-15(24)23-11-10-22(12-18(23)7-8-18)17-14-6-9-19-16(14)20-13-21-17/h6,9,13H,2-5,7-8,10-12H2,1H3,(H,19,20,21). The normalized spacial score (nSPS) is 19.2. The van der Waals surface area contributed by atoms with Crippen LogP contribution in [0.25, 0.3) is 11.0 Å². The summed E-state index contributed by atoms with van der Waals surface area (Å²) >= 11 is 0. The van der Waals surface area contributed by atoms with Gasteiger partial charge in [0.1, 0.15) is 17.8 Å². The molecular weight excluding hydrogens is 302 g/mol. The zero-order valence-electron chi connectivity index (χ0n) is 14.3. The van der Waals surface area contributed by atoms with Crippen molar-refractivity contribution in [2.75, 3.05) is 24.5 Å². The van der Waals surface area contributed by atoms with Gasteiger partial charge in [-0.15, -0.1) is 0 Å². The van der Waals surface area contributed by atoms with Crippen molar-refractivity contribution < 1.29 is 4.79 Å². The molecule has 2 aromatic heterocycles. The van der Waals surface area contributed by atoms with E-state index in [1.54, 1.807) is 6.33 Å². The van der Waals surface area contributed by atoms with Crippen molar-refractivity contribution in [2.24, 2.45) is 0 Å². The maximum atomic E-state index is 12.6. The van der Waals surface area contributed by atoms with E-state index >= 15 is 0 Å². The molecule has 0 atom stereocenters. The van der Waals surface area contributed by atoms with Crippen LogP contribution in [0.3, 0.4) is 0 Å². The van der Waals surface area contributed by atoms with Crippen LogP contribution >= 0.6 is 0 Å². The van der Waals surface area contributed by atoms with Crippen LogP contribution in [0.2, 0.25) is 0 Å². The molecule has 1 saturated carbocycles. The third kappa shape index (κ3) is 2.64. The van der Waals surface area contributed by atoms with Crippen molar-refractivity contribution in [2.45, 2.75) is 51.0 Å². The molecule has 0 radical (unpaired) electrons. The Bertz CT molecular complexity index is 736. The topological polar surface area (TPSA) is 65.1 Å². The molecule has 1 amide bonds. The van der Waals surface area contributed by atoms with Gasteiger partial charge in [-0.3, -0.25) is 4.79 Å². The summed E-state index contributed by atoms with van der Waals surface area (Å²) in [7, 11) is 0. The van der Waals surface area contributed by atoms with E-state index in [1.807, 2.05) is 12.3 Å². The van der Waals surface area contributed by atoms with Crippen molar-refractivity contribution in [3.05, 3.63) is 18.6 Å². The van der Waals surface area contributed by atoms with Gasteiger partial charge in [-0.25, -0.2) is 9.97 Å².